The van der Waals surface area contributed by atoms with E-state index in [4.69, 9.17) is 5.41 Å². The Labute approximate surface area is 177 Å². The summed E-state index contributed by atoms with van der Waals surface area (Å²) in [7, 11) is 0. The molecule has 0 atom stereocenters. The molecule has 8 nitrogen and oxygen atoms in total. The Morgan fingerprint density at radius 3 is 2.77 bits per heavy atom. The van der Waals surface area contributed by atoms with E-state index in [0.717, 1.165) is 18.0 Å². The van der Waals surface area contributed by atoms with Gasteiger partial charge in [-0.2, -0.15) is 10.5 Å². The fourth-order valence-electron chi connectivity index (χ4n) is 2.95. The molecule has 2 heterocycles. The first-order valence-corrected chi connectivity index (χ1v) is 9.60. The average Bonchev–Trinajstić information content (AvgIpc) is 3.24. The zero-order valence-corrected chi connectivity index (χ0v) is 16.9. The first-order valence-electron chi connectivity index (χ1n) is 9.60. The quantitative estimate of drug-likeness (QED) is 0.237. The van der Waals surface area contributed by atoms with Crippen molar-refractivity contribution in [3.05, 3.63) is 66.1 Å². The first-order chi connectivity index (χ1) is 15.0. The summed E-state index contributed by atoms with van der Waals surface area (Å²) in [5.74, 6) is -1.26. The maximum absolute atomic E-state index is 13.8. The number of benzene rings is 1. The normalized spacial score (nSPS) is 11.1. The Morgan fingerprint density at radius 2 is 2.06 bits per heavy atom. The lowest BCUT2D eigenvalue weighted by atomic mass is 10.1. The molecule has 1 aromatic carbocycles. The number of nitrogens with zero attached hydrogens (tertiary/aromatic N) is 5. The van der Waals surface area contributed by atoms with Crippen LogP contribution in [0.15, 0.2) is 54.0 Å². The van der Waals surface area contributed by atoms with E-state index >= 15 is 0 Å². The standard InChI is InChI=1S/C21H21F2N7O/c1-2-29(21(31)18-11-16(22)3-6-20(18)28-26-8-7-24)9-10-30-14-15(12-27-30)19-5-4-17(23)13-25-19/h3-8,11-14,24,28H,2,9-10H2,1H3/p+1. The molecule has 0 spiro atoms. The van der Waals surface area contributed by atoms with Gasteiger partial charge in [0.15, 0.2) is 5.69 Å². The topological polar surface area (TPSA) is 104 Å². The van der Waals surface area contributed by atoms with Crippen LogP contribution in [0.2, 0.25) is 0 Å². The number of carbonyl (C=O) groups is 1. The summed E-state index contributed by atoms with van der Waals surface area (Å²) in [6, 6.07) is 6.82. The molecule has 1 amide bonds. The number of aromatic nitrogens is 3. The number of quaternary nitrogens is 1. The fourth-order valence-corrected chi connectivity index (χ4v) is 2.95. The number of hydrogen-bond donors (Lipinski definition) is 2. The predicted molar refractivity (Wildman–Crippen MR) is 112 cm³/mol. The second-order valence-electron chi connectivity index (χ2n) is 6.56. The lowest BCUT2D eigenvalue weighted by Gasteiger charge is -2.21. The molecule has 0 aliphatic carbocycles. The molecular formula is C21H22F2N7O+. The Morgan fingerprint density at radius 1 is 1.26 bits per heavy atom. The maximum Gasteiger partial charge on any atom is 0.260 e. The third kappa shape index (κ3) is 5.64. The highest BCUT2D eigenvalue weighted by Gasteiger charge is 2.21. The van der Waals surface area contributed by atoms with Gasteiger partial charge in [-0.25, -0.2) is 8.78 Å². The summed E-state index contributed by atoms with van der Waals surface area (Å²) >= 11 is 0. The molecule has 3 rings (SSSR count). The van der Waals surface area contributed by atoms with E-state index in [1.165, 1.54) is 35.9 Å². The van der Waals surface area contributed by atoms with Crippen LogP contribution in [0.25, 0.3) is 11.3 Å². The summed E-state index contributed by atoms with van der Waals surface area (Å²) in [5.41, 5.74) is 3.41. The Bertz CT molecular complexity index is 1080. The van der Waals surface area contributed by atoms with Crippen LogP contribution in [-0.2, 0) is 6.54 Å². The molecule has 0 aliphatic rings. The van der Waals surface area contributed by atoms with Crippen molar-refractivity contribution >= 4 is 24.0 Å². The summed E-state index contributed by atoms with van der Waals surface area (Å²) in [6.45, 7) is 3.03. The number of rotatable bonds is 9. The van der Waals surface area contributed by atoms with Crippen LogP contribution in [0.1, 0.15) is 17.3 Å². The van der Waals surface area contributed by atoms with Gasteiger partial charge in [0.25, 0.3) is 5.91 Å². The molecule has 0 bridgehead atoms. The van der Waals surface area contributed by atoms with Gasteiger partial charge in [0.2, 0.25) is 0 Å². The molecule has 0 fully saturated rings. The monoisotopic (exact) mass is 426 g/mol. The van der Waals surface area contributed by atoms with Gasteiger partial charge in [0, 0.05) is 37.1 Å². The summed E-state index contributed by atoms with van der Waals surface area (Å²) in [4.78, 5) is 18.6. The molecule has 31 heavy (non-hydrogen) atoms. The van der Waals surface area contributed by atoms with Gasteiger partial charge < -0.3 is 10.3 Å². The lowest BCUT2D eigenvalue weighted by molar-refractivity contribution is -0.577. The molecule has 0 radical (unpaired) electrons. The molecule has 0 saturated carbocycles. The van der Waals surface area contributed by atoms with E-state index in [1.807, 2.05) is 6.92 Å². The maximum atomic E-state index is 13.8. The van der Waals surface area contributed by atoms with Crippen molar-refractivity contribution in [1.82, 2.24) is 19.7 Å². The Kier molecular flexibility index (Phi) is 7.28. The summed E-state index contributed by atoms with van der Waals surface area (Å²) in [6.07, 6.45) is 6.81. The highest BCUT2D eigenvalue weighted by atomic mass is 19.1. The lowest BCUT2D eigenvalue weighted by Crippen LogP contribution is -2.72. The molecule has 10 heteroatoms. The van der Waals surface area contributed by atoms with Crippen LogP contribution in [-0.4, -0.2) is 51.1 Å². The van der Waals surface area contributed by atoms with Gasteiger partial charge >= 0.3 is 0 Å². The van der Waals surface area contributed by atoms with Gasteiger partial charge in [0.1, 0.15) is 23.4 Å². The molecule has 2 aromatic heterocycles. The highest BCUT2D eigenvalue weighted by molar-refractivity contribution is 6.14. The smallest absolute Gasteiger partial charge is 0.260 e. The zero-order chi connectivity index (χ0) is 22.2. The number of hydrogen-bond acceptors (Lipinski definition) is 5. The van der Waals surface area contributed by atoms with Gasteiger partial charge in [-0.05, 0) is 31.2 Å². The van der Waals surface area contributed by atoms with Crippen molar-refractivity contribution in [1.29, 1.82) is 5.41 Å². The van der Waals surface area contributed by atoms with E-state index in [2.05, 4.69) is 15.2 Å². The minimum absolute atomic E-state index is 0.195. The van der Waals surface area contributed by atoms with Crippen LogP contribution < -0.4 is 5.43 Å². The fraction of sp³-hybridized carbons (Fsp3) is 0.190. The van der Waals surface area contributed by atoms with Crippen LogP contribution >= 0.6 is 0 Å². The number of amides is 1. The van der Waals surface area contributed by atoms with Crippen molar-refractivity contribution in [3.63, 3.8) is 0 Å². The van der Waals surface area contributed by atoms with Crippen LogP contribution in [0.3, 0.4) is 0 Å². The van der Waals surface area contributed by atoms with Crippen LogP contribution in [0, 0.1) is 17.0 Å². The van der Waals surface area contributed by atoms with Crippen molar-refractivity contribution in [3.8, 4) is 11.3 Å². The third-order valence-electron chi connectivity index (χ3n) is 4.54. The average molecular weight is 426 g/mol. The molecule has 0 unspecified atom stereocenters. The molecule has 3 N–H and O–H groups in total. The molecule has 160 valence electrons. The Hall–Kier alpha value is -3.79. The van der Waals surface area contributed by atoms with E-state index in [0.29, 0.717) is 31.0 Å². The third-order valence-corrected chi connectivity index (χ3v) is 4.54. The highest BCUT2D eigenvalue weighted by Crippen LogP contribution is 2.17. The summed E-state index contributed by atoms with van der Waals surface area (Å²) in [5, 5.41) is 15.2. The first kappa shape index (κ1) is 21.9. The number of likely N-dealkylation sites (N-methyl/N-ethyl adjacent to an activating group) is 1. The number of nitrogens with one attached hydrogen (secondary N) is 1. The van der Waals surface area contributed by atoms with E-state index < -0.39 is 11.6 Å². The van der Waals surface area contributed by atoms with Crippen molar-refractivity contribution in [2.45, 2.75) is 13.5 Å². The zero-order valence-electron chi connectivity index (χ0n) is 16.9. The Balaban J connectivity index is 1.71. The predicted octanol–water partition coefficient (Wildman–Crippen LogP) is 2.22. The number of pyridine rings is 1. The van der Waals surface area contributed by atoms with Crippen molar-refractivity contribution in [2.24, 2.45) is 5.10 Å². The van der Waals surface area contributed by atoms with Crippen LogP contribution in [0.4, 0.5) is 14.5 Å². The second-order valence-corrected chi connectivity index (χ2v) is 6.56. The number of nitrogens with two attached hydrogens (primary N) is 1. The van der Waals surface area contributed by atoms with Gasteiger partial charge in [-0.3, -0.25) is 14.5 Å². The molecule has 0 aliphatic heterocycles. The van der Waals surface area contributed by atoms with Crippen LogP contribution in [0.5, 0.6) is 0 Å². The van der Waals surface area contributed by atoms with Crippen molar-refractivity contribution < 1.29 is 19.0 Å². The van der Waals surface area contributed by atoms with Gasteiger partial charge in [-0.15, -0.1) is 0 Å². The number of carbonyl (C=O) groups excluding carboxylic acids is 1. The van der Waals surface area contributed by atoms with Gasteiger partial charge in [0.05, 0.1) is 24.6 Å². The molecule has 3 aromatic rings. The summed E-state index contributed by atoms with van der Waals surface area (Å²) < 4.78 is 28.5. The molecular weight excluding hydrogens is 404 g/mol. The van der Waals surface area contributed by atoms with Gasteiger partial charge in [-0.1, -0.05) is 5.10 Å². The van der Waals surface area contributed by atoms with E-state index in [1.54, 1.807) is 28.0 Å². The second kappa shape index (κ2) is 10.3. The largest absolute Gasteiger partial charge is 0.337 e. The van der Waals surface area contributed by atoms with Crippen molar-refractivity contribution in [2.75, 3.05) is 13.1 Å². The van der Waals surface area contributed by atoms with E-state index in [9.17, 15) is 13.6 Å². The SMILES string of the molecule is CCN(CCn1cc(-c2ccc(F)cn2)cn1)C(=O)c1cc(F)ccc1[NH2+]N=CC=N. The minimum Gasteiger partial charge on any atom is -0.337 e. The molecule has 0 saturated heterocycles. The van der Waals surface area contributed by atoms with E-state index in [-0.39, 0.29) is 11.5 Å². The minimum atomic E-state index is -0.517. The number of halogens is 2.